The van der Waals surface area contributed by atoms with Crippen LogP contribution in [0.1, 0.15) is 36.0 Å². The van der Waals surface area contributed by atoms with E-state index in [4.69, 9.17) is 27.9 Å². The maximum atomic E-state index is 12.7. The number of hydrogen-bond acceptors (Lipinski definition) is 6. The molecule has 2 aliphatic rings. The van der Waals surface area contributed by atoms with Gasteiger partial charge in [0.25, 0.3) is 0 Å². The minimum Gasteiger partial charge on any atom is -0.386 e. The Morgan fingerprint density at radius 3 is 2.44 bits per heavy atom. The molecule has 9 nitrogen and oxygen atoms in total. The smallest absolute Gasteiger partial charge is 0.347 e. The number of benzene rings is 1. The van der Waals surface area contributed by atoms with Crippen LogP contribution >= 0.6 is 23.2 Å². The number of rotatable bonds is 5. The first-order valence-corrected chi connectivity index (χ1v) is 9.22. The van der Waals surface area contributed by atoms with Crippen molar-refractivity contribution in [3.63, 3.8) is 0 Å². The molecule has 2 aliphatic carbocycles. The molecule has 0 spiro atoms. The van der Waals surface area contributed by atoms with Crippen molar-refractivity contribution in [2.24, 2.45) is 7.05 Å². The number of aryl methyl sites for hydroxylation is 1. The zero-order chi connectivity index (χ0) is 19.1. The Kier molecular flexibility index (Phi) is 4.65. The Morgan fingerprint density at radius 2 is 1.89 bits per heavy atom. The minimum absolute atomic E-state index is 0.00635. The molecule has 1 aromatic carbocycles. The number of amides is 2. The van der Waals surface area contributed by atoms with Gasteiger partial charge in [0.05, 0.1) is 16.3 Å². The molecule has 2 aromatic rings. The normalized spacial score (nSPS) is 16.1. The molecule has 1 heterocycles. The van der Waals surface area contributed by atoms with Crippen LogP contribution in [0.3, 0.4) is 0 Å². The standard InChI is InChI=1S/C16H16Cl2N6O3/c1-23-16(20-21-22-23)27-14(25)11-6-8(17)7-12(13(11)18)19-15(26)24(9-2-3-9)10-4-5-10/h6-7,9-10H,2-5H2,1H3,(H,19,26). The van der Waals surface area contributed by atoms with E-state index in [2.05, 4.69) is 20.8 Å². The van der Waals surface area contributed by atoms with Gasteiger partial charge in [-0.15, -0.1) is 0 Å². The second kappa shape index (κ2) is 6.97. The Balaban J connectivity index is 1.55. The minimum atomic E-state index is -0.780. The summed E-state index contributed by atoms with van der Waals surface area (Å²) in [5.74, 6) is -0.780. The molecule has 0 radical (unpaired) electrons. The summed E-state index contributed by atoms with van der Waals surface area (Å²) in [6, 6.07) is 3.11. The monoisotopic (exact) mass is 410 g/mol. The van der Waals surface area contributed by atoms with Crippen molar-refractivity contribution in [1.82, 2.24) is 25.1 Å². The lowest BCUT2D eigenvalue weighted by Crippen LogP contribution is -2.38. The van der Waals surface area contributed by atoms with Crippen LogP contribution in [-0.2, 0) is 7.05 Å². The predicted molar refractivity (Wildman–Crippen MR) is 97.1 cm³/mol. The van der Waals surface area contributed by atoms with Gasteiger partial charge in [0.2, 0.25) is 0 Å². The van der Waals surface area contributed by atoms with Crippen molar-refractivity contribution in [3.8, 4) is 6.01 Å². The van der Waals surface area contributed by atoms with Crippen LogP contribution in [0.2, 0.25) is 10.0 Å². The molecular weight excluding hydrogens is 395 g/mol. The molecule has 0 bridgehead atoms. The molecule has 1 N–H and O–H groups in total. The van der Waals surface area contributed by atoms with Gasteiger partial charge in [-0.1, -0.05) is 28.3 Å². The maximum absolute atomic E-state index is 12.7. The topological polar surface area (TPSA) is 102 Å². The zero-order valence-corrected chi connectivity index (χ0v) is 15.9. The average molecular weight is 411 g/mol. The molecule has 4 rings (SSSR count). The first-order chi connectivity index (χ1) is 12.9. The number of aromatic nitrogens is 4. The Hall–Kier alpha value is -2.39. The quantitative estimate of drug-likeness (QED) is 0.760. The molecule has 0 saturated heterocycles. The summed E-state index contributed by atoms with van der Waals surface area (Å²) in [6.07, 6.45) is 4.04. The maximum Gasteiger partial charge on any atom is 0.347 e. The summed E-state index contributed by atoms with van der Waals surface area (Å²) in [4.78, 5) is 27.0. The van der Waals surface area contributed by atoms with Crippen LogP contribution in [0, 0.1) is 0 Å². The number of ether oxygens (including phenoxy) is 1. The number of hydrogen-bond donors (Lipinski definition) is 1. The Labute approximate surface area is 164 Å². The number of carbonyl (C=O) groups excluding carboxylic acids is 2. The van der Waals surface area contributed by atoms with Crippen LogP contribution in [0.4, 0.5) is 10.5 Å². The SMILES string of the molecule is Cn1nnnc1OC(=O)c1cc(Cl)cc(NC(=O)N(C2CC2)C2CC2)c1Cl. The van der Waals surface area contributed by atoms with Crippen LogP contribution in [0.15, 0.2) is 12.1 Å². The summed E-state index contributed by atoms with van der Waals surface area (Å²) < 4.78 is 6.33. The van der Waals surface area contributed by atoms with Crippen LogP contribution < -0.4 is 10.1 Å². The third kappa shape index (κ3) is 3.84. The highest BCUT2D eigenvalue weighted by atomic mass is 35.5. The molecule has 2 amide bonds. The fraction of sp³-hybridized carbons (Fsp3) is 0.438. The van der Waals surface area contributed by atoms with Crippen LogP contribution in [-0.4, -0.2) is 49.2 Å². The number of halogens is 2. The highest BCUT2D eigenvalue weighted by Gasteiger charge is 2.42. The van der Waals surface area contributed by atoms with E-state index >= 15 is 0 Å². The van der Waals surface area contributed by atoms with Gasteiger partial charge in [0.1, 0.15) is 0 Å². The van der Waals surface area contributed by atoms with Gasteiger partial charge in [0, 0.05) is 24.2 Å². The van der Waals surface area contributed by atoms with Gasteiger partial charge in [-0.25, -0.2) is 9.59 Å². The Bertz CT molecular complexity index is 898. The van der Waals surface area contributed by atoms with Gasteiger partial charge in [0.15, 0.2) is 0 Å². The predicted octanol–water partition coefficient (Wildman–Crippen LogP) is 2.89. The molecule has 27 heavy (non-hydrogen) atoms. The first kappa shape index (κ1) is 18.0. The first-order valence-electron chi connectivity index (χ1n) is 8.47. The molecule has 2 saturated carbocycles. The third-order valence-electron chi connectivity index (χ3n) is 4.38. The highest BCUT2D eigenvalue weighted by Crippen LogP contribution is 2.38. The molecule has 1 aromatic heterocycles. The number of nitrogens with one attached hydrogen (secondary N) is 1. The van der Waals surface area contributed by atoms with E-state index in [9.17, 15) is 9.59 Å². The molecule has 2 fully saturated rings. The van der Waals surface area contributed by atoms with Gasteiger partial charge in [-0.2, -0.15) is 4.68 Å². The fourth-order valence-corrected chi connectivity index (χ4v) is 3.24. The molecule has 11 heteroatoms. The van der Waals surface area contributed by atoms with Crippen molar-refractivity contribution in [1.29, 1.82) is 0 Å². The molecular formula is C16H16Cl2N6O3. The average Bonchev–Trinajstić information content (AvgIpc) is 3.54. The Morgan fingerprint density at radius 1 is 1.22 bits per heavy atom. The van der Waals surface area contributed by atoms with Crippen LogP contribution in [0.25, 0.3) is 0 Å². The van der Waals surface area contributed by atoms with Crippen molar-refractivity contribution in [2.45, 2.75) is 37.8 Å². The van der Waals surface area contributed by atoms with E-state index in [0.29, 0.717) is 0 Å². The number of urea groups is 1. The fourth-order valence-electron chi connectivity index (χ4n) is 2.79. The van der Waals surface area contributed by atoms with Crippen molar-refractivity contribution < 1.29 is 14.3 Å². The number of anilines is 1. The molecule has 0 aliphatic heterocycles. The second-order valence-corrected chi connectivity index (χ2v) is 7.40. The summed E-state index contributed by atoms with van der Waals surface area (Å²) >= 11 is 12.5. The van der Waals surface area contributed by atoms with Crippen molar-refractivity contribution in [3.05, 3.63) is 27.7 Å². The summed E-state index contributed by atoms with van der Waals surface area (Å²) in [6.45, 7) is 0. The highest BCUT2D eigenvalue weighted by molar-refractivity contribution is 6.38. The number of carbonyl (C=O) groups is 2. The number of nitrogens with zero attached hydrogens (tertiary/aromatic N) is 5. The lowest BCUT2D eigenvalue weighted by Gasteiger charge is -2.23. The van der Waals surface area contributed by atoms with E-state index < -0.39 is 5.97 Å². The summed E-state index contributed by atoms with van der Waals surface area (Å²) in [5, 5.41) is 13.6. The third-order valence-corrected chi connectivity index (χ3v) is 5.00. The number of tetrazole rings is 1. The van der Waals surface area contributed by atoms with E-state index in [1.807, 2.05) is 4.90 Å². The van der Waals surface area contributed by atoms with Gasteiger partial charge in [-0.05, 0) is 48.2 Å². The lowest BCUT2D eigenvalue weighted by atomic mass is 10.2. The number of esters is 1. The molecule has 0 atom stereocenters. The van der Waals surface area contributed by atoms with E-state index in [-0.39, 0.29) is 45.4 Å². The second-order valence-electron chi connectivity index (χ2n) is 6.59. The van der Waals surface area contributed by atoms with Gasteiger partial charge in [-0.3, -0.25) is 0 Å². The zero-order valence-electron chi connectivity index (χ0n) is 14.4. The van der Waals surface area contributed by atoms with E-state index in [1.165, 1.54) is 23.9 Å². The van der Waals surface area contributed by atoms with E-state index in [1.54, 1.807) is 0 Å². The van der Waals surface area contributed by atoms with Crippen molar-refractivity contribution >= 4 is 40.9 Å². The van der Waals surface area contributed by atoms with Gasteiger partial charge < -0.3 is 15.0 Å². The largest absolute Gasteiger partial charge is 0.386 e. The lowest BCUT2D eigenvalue weighted by molar-refractivity contribution is 0.0712. The van der Waals surface area contributed by atoms with Crippen molar-refractivity contribution in [2.75, 3.05) is 5.32 Å². The summed E-state index contributed by atoms with van der Waals surface area (Å²) in [7, 11) is 1.53. The van der Waals surface area contributed by atoms with Gasteiger partial charge >= 0.3 is 18.0 Å². The van der Waals surface area contributed by atoms with Crippen LogP contribution in [0.5, 0.6) is 6.01 Å². The van der Waals surface area contributed by atoms with E-state index in [0.717, 1.165) is 25.7 Å². The summed E-state index contributed by atoms with van der Waals surface area (Å²) in [5.41, 5.74) is 0.260. The molecule has 142 valence electrons. The molecule has 0 unspecified atom stereocenters.